The molecule has 2 aromatic carbocycles. The molecular weight excluding hydrogens is 464 g/mol. The summed E-state index contributed by atoms with van der Waals surface area (Å²) < 4.78 is 12.6. The molecule has 0 saturated carbocycles. The lowest BCUT2D eigenvalue weighted by Gasteiger charge is -2.15. The third kappa shape index (κ3) is 14.1. The molecule has 2 nitrogen and oxygen atoms in total. The summed E-state index contributed by atoms with van der Waals surface area (Å²) in [4.78, 5) is 0. The Morgan fingerprint density at radius 3 is 1.53 bits per heavy atom. The van der Waals surface area contributed by atoms with Gasteiger partial charge in [0.15, 0.2) is 0 Å². The first-order valence-corrected chi connectivity index (χ1v) is 15.8. The van der Waals surface area contributed by atoms with E-state index < -0.39 is 0 Å². The zero-order valence-corrected chi connectivity index (χ0v) is 25.2. The molecule has 0 amide bonds. The van der Waals surface area contributed by atoms with Crippen molar-refractivity contribution in [1.29, 1.82) is 0 Å². The molecule has 0 aliphatic heterocycles. The van der Waals surface area contributed by atoms with Gasteiger partial charge in [0.05, 0.1) is 13.2 Å². The molecule has 2 aromatic rings. The largest absolute Gasteiger partial charge is 0.493 e. The highest BCUT2D eigenvalue weighted by Crippen LogP contribution is 2.31. The number of hydrogen-bond acceptors (Lipinski definition) is 2. The average Bonchev–Trinajstić information content (AvgIpc) is 2.92. The van der Waals surface area contributed by atoms with Crippen LogP contribution in [0.1, 0.15) is 139 Å². The maximum atomic E-state index is 6.32. The second kappa shape index (κ2) is 20.7. The van der Waals surface area contributed by atoms with Gasteiger partial charge < -0.3 is 9.47 Å². The molecule has 2 heteroatoms. The zero-order chi connectivity index (χ0) is 27.3. The molecule has 0 radical (unpaired) electrons. The van der Waals surface area contributed by atoms with Crippen LogP contribution >= 0.6 is 0 Å². The van der Waals surface area contributed by atoms with Crippen molar-refractivity contribution in [3.05, 3.63) is 58.7 Å². The first-order chi connectivity index (χ1) is 18.6. The fourth-order valence-electron chi connectivity index (χ4n) is 4.79. The summed E-state index contributed by atoms with van der Waals surface area (Å²) in [6, 6.07) is 13.0. The molecule has 0 bridgehead atoms. The van der Waals surface area contributed by atoms with E-state index in [1.807, 2.05) is 0 Å². The maximum Gasteiger partial charge on any atom is 0.127 e. The van der Waals surface area contributed by atoms with Crippen LogP contribution in [0.4, 0.5) is 0 Å². The Labute approximate surface area is 235 Å². The molecule has 0 aromatic heterocycles. The van der Waals surface area contributed by atoms with Crippen LogP contribution in [-0.4, -0.2) is 13.2 Å². The molecule has 0 fully saturated rings. The molecule has 0 N–H and O–H groups in total. The van der Waals surface area contributed by atoms with E-state index in [2.05, 4.69) is 76.2 Å². The number of hydrogen-bond donors (Lipinski definition) is 0. The molecular formula is C36H56O2. The van der Waals surface area contributed by atoms with E-state index in [0.717, 1.165) is 48.7 Å². The van der Waals surface area contributed by atoms with Crippen LogP contribution in [0.5, 0.6) is 11.5 Å². The Kier molecular flexibility index (Phi) is 17.4. The van der Waals surface area contributed by atoms with Crippen molar-refractivity contribution in [3.63, 3.8) is 0 Å². The number of ether oxygens (including phenoxy) is 2. The molecule has 212 valence electrons. The van der Waals surface area contributed by atoms with E-state index in [4.69, 9.17) is 9.47 Å². The van der Waals surface area contributed by atoms with Gasteiger partial charge >= 0.3 is 0 Å². The Morgan fingerprint density at radius 2 is 1.00 bits per heavy atom. The second-order valence-electron chi connectivity index (χ2n) is 11.0. The number of rotatable bonds is 22. The van der Waals surface area contributed by atoms with E-state index in [1.54, 1.807) is 0 Å². The zero-order valence-electron chi connectivity index (χ0n) is 25.2. The van der Waals surface area contributed by atoms with E-state index >= 15 is 0 Å². The van der Waals surface area contributed by atoms with Gasteiger partial charge in [-0.05, 0) is 49.9 Å². The second-order valence-corrected chi connectivity index (χ2v) is 11.0. The third-order valence-corrected chi connectivity index (χ3v) is 7.35. The van der Waals surface area contributed by atoms with Gasteiger partial charge in [0.1, 0.15) is 11.5 Å². The van der Waals surface area contributed by atoms with E-state index in [1.165, 1.54) is 101 Å². The fraction of sp³-hybridized carbons (Fsp3) is 0.611. The molecule has 0 atom stereocenters. The van der Waals surface area contributed by atoms with E-state index in [-0.39, 0.29) is 0 Å². The highest BCUT2D eigenvalue weighted by atomic mass is 16.5. The molecule has 38 heavy (non-hydrogen) atoms. The van der Waals surface area contributed by atoms with Crippen molar-refractivity contribution in [2.24, 2.45) is 0 Å². The van der Waals surface area contributed by atoms with Gasteiger partial charge in [-0.15, -0.1) is 0 Å². The van der Waals surface area contributed by atoms with Crippen LogP contribution in [0.2, 0.25) is 0 Å². The first kappa shape index (κ1) is 32.0. The first-order valence-electron chi connectivity index (χ1n) is 15.8. The van der Waals surface area contributed by atoms with Crippen molar-refractivity contribution in [2.45, 2.75) is 130 Å². The predicted octanol–water partition coefficient (Wildman–Crippen LogP) is 11.5. The molecule has 0 aliphatic carbocycles. The normalized spacial score (nSPS) is 11.4. The monoisotopic (exact) mass is 520 g/mol. The Hall–Kier alpha value is -2.22. The minimum atomic E-state index is 0.776. The Morgan fingerprint density at radius 1 is 0.526 bits per heavy atom. The lowest BCUT2D eigenvalue weighted by Crippen LogP contribution is -2.03. The van der Waals surface area contributed by atoms with Crippen molar-refractivity contribution < 1.29 is 9.47 Å². The van der Waals surface area contributed by atoms with Gasteiger partial charge in [0.25, 0.3) is 0 Å². The standard InChI is InChI=1S/C36H56O2/c1-5-7-9-11-13-15-17-19-27-37-35-30-34(26-25-33-23-21-31(3)22-24-33)36(29-32(35)4)38-28-20-18-16-14-12-10-8-6-2/h21-26,29-30H,5-20,27-28H2,1-4H3. The van der Waals surface area contributed by atoms with E-state index in [9.17, 15) is 0 Å². The van der Waals surface area contributed by atoms with Crippen LogP contribution in [-0.2, 0) is 0 Å². The van der Waals surface area contributed by atoms with Crippen LogP contribution in [0.15, 0.2) is 36.4 Å². The summed E-state index contributed by atoms with van der Waals surface area (Å²) in [6.45, 7) is 10.4. The summed E-state index contributed by atoms with van der Waals surface area (Å²) in [5.41, 5.74) is 4.74. The quantitative estimate of drug-likeness (QED) is 0.113. The number of unbranched alkanes of at least 4 members (excludes halogenated alkanes) is 14. The summed E-state index contributed by atoms with van der Waals surface area (Å²) in [7, 11) is 0. The molecule has 0 aliphatic rings. The highest BCUT2D eigenvalue weighted by Gasteiger charge is 2.09. The van der Waals surface area contributed by atoms with Crippen LogP contribution in [0.25, 0.3) is 12.2 Å². The minimum Gasteiger partial charge on any atom is -0.493 e. The number of aryl methyl sites for hydroxylation is 2. The van der Waals surface area contributed by atoms with E-state index in [0.29, 0.717) is 0 Å². The third-order valence-electron chi connectivity index (χ3n) is 7.35. The van der Waals surface area contributed by atoms with Crippen LogP contribution in [0, 0.1) is 13.8 Å². The van der Waals surface area contributed by atoms with Gasteiger partial charge in [-0.25, -0.2) is 0 Å². The maximum absolute atomic E-state index is 6.32. The molecule has 0 heterocycles. The molecule has 2 rings (SSSR count). The highest BCUT2D eigenvalue weighted by molar-refractivity contribution is 5.74. The summed E-state index contributed by atoms with van der Waals surface area (Å²) >= 11 is 0. The summed E-state index contributed by atoms with van der Waals surface area (Å²) in [6.07, 6.45) is 25.4. The summed E-state index contributed by atoms with van der Waals surface area (Å²) in [5, 5.41) is 0. The lowest BCUT2D eigenvalue weighted by molar-refractivity contribution is 0.294. The fourth-order valence-corrected chi connectivity index (χ4v) is 4.79. The van der Waals surface area contributed by atoms with Crippen molar-refractivity contribution in [3.8, 4) is 11.5 Å². The van der Waals surface area contributed by atoms with Gasteiger partial charge in [-0.3, -0.25) is 0 Å². The average molecular weight is 521 g/mol. The van der Waals surface area contributed by atoms with Crippen molar-refractivity contribution in [1.82, 2.24) is 0 Å². The topological polar surface area (TPSA) is 18.5 Å². The van der Waals surface area contributed by atoms with Crippen molar-refractivity contribution >= 4 is 12.2 Å². The minimum absolute atomic E-state index is 0.776. The smallest absolute Gasteiger partial charge is 0.127 e. The SMILES string of the molecule is CCCCCCCCCCOc1cc(C=Cc2ccc(C)cc2)c(OCCCCCCCCCC)cc1C. The van der Waals surface area contributed by atoms with Crippen molar-refractivity contribution in [2.75, 3.05) is 13.2 Å². The molecule has 0 unspecified atom stereocenters. The number of benzene rings is 2. The van der Waals surface area contributed by atoms with Gasteiger partial charge in [0.2, 0.25) is 0 Å². The molecule has 0 saturated heterocycles. The van der Waals surface area contributed by atoms with Crippen LogP contribution in [0.3, 0.4) is 0 Å². The van der Waals surface area contributed by atoms with Gasteiger partial charge in [-0.1, -0.05) is 146 Å². The van der Waals surface area contributed by atoms with Gasteiger partial charge in [0, 0.05) is 5.56 Å². The van der Waals surface area contributed by atoms with Gasteiger partial charge in [-0.2, -0.15) is 0 Å². The summed E-state index contributed by atoms with van der Waals surface area (Å²) in [5.74, 6) is 1.95. The lowest BCUT2D eigenvalue weighted by atomic mass is 10.1. The predicted molar refractivity (Wildman–Crippen MR) is 167 cm³/mol. The Bertz CT molecular complexity index is 881. The Balaban J connectivity index is 1.90. The molecule has 0 spiro atoms. The van der Waals surface area contributed by atoms with Crippen LogP contribution < -0.4 is 9.47 Å².